The van der Waals surface area contributed by atoms with Crippen LogP contribution in [0.3, 0.4) is 0 Å². The number of methoxy groups -OCH3 is 1. The van der Waals surface area contributed by atoms with Crippen LogP contribution < -0.4 is 10.5 Å². The van der Waals surface area contributed by atoms with Crippen molar-refractivity contribution in [1.29, 1.82) is 0 Å². The van der Waals surface area contributed by atoms with Crippen molar-refractivity contribution in [2.75, 3.05) is 31.8 Å². The summed E-state index contributed by atoms with van der Waals surface area (Å²) < 4.78 is 10.1. The Balaban J connectivity index is 1.62. The number of nitrogens with one attached hydrogen (secondary N) is 1. The van der Waals surface area contributed by atoms with E-state index in [1.807, 2.05) is 12.1 Å². The molecule has 4 rings (SSSR count). The predicted molar refractivity (Wildman–Crippen MR) is 108 cm³/mol. The van der Waals surface area contributed by atoms with Gasteiger partial charge < -0.3 is 19.4 Å². The second kappa shape index (κ2) is 7.73. The van der Waals surface area contributed by atoms with Crippen molar-refractivity contribution in [2.45, 2.75) is 19.9 Å². The second-order valence-corrected chi connectivity index (χ2v) is 7.68. The lowest BCUT2D eigenvalue weighted by molar-refractivity contribution is 0.0393. The summed E-state index contributed by atoms with van der Waals surface area (Å²) in [5.74, 6) is 0.140. The van der Waals surface area contributed by atoms with Gasteiger partial charge in [0, 0.05) is 19.3 Å². The molecule has 0 saturated carbocycles. The molecule has 3 heterocycles. The lowest BCUT2D eigenvalue weighted by atomic mass is 10.2. The van der Waals surface area contributed by atoms with E-state index in [-0.39, 0.29) is 12.2 Å². The molecule has 0 unspecified atom stereocenters. The SMILES string of the molecule is COCCOC(=O)c1sc2nc(CN3CCc4ccccc43)[nH]c(=O)c2c1C. The number of para-hydroxylation sites is 1. The van der Waals surface area contributed by atoms with E-state index in [0.717, 1.165) is 13.0 Å². The summed E-state index contributed by atoms with van der Waals surface area (Å²) in [6, 6.07) is 8.26. The van der Waals surface area contributed by atoms with E-state index < -0.39 is 5.97 Å². The molecule has 0 amide bonds. The van der Waals surface area contributed by atoms with E-state index in [0.29, 0.717) is 39.6 Å². The van der Waals surface area contributed by atoms with E-state index in [1.165, 1.54) is 22.6 Å². The van der Waals surface area contributed by atoms with E-state index in [2.05, 4.69) is 27.0 Å². The van der Waals surface area contributed by atoms with Gasteiger partial charge in [-0.3, -0.25) is 4.79 Å². The molecule has 2 aromatic heterocycles. The number of nitrogens with zero attached hydrogens (tertiary/aromatic N) is 2. The zero-order valence-electron chi connectivity index (χ0n) is 15.8. The summed E-state index contributed by atoms with van der Waals surface area (Å²) in [5.41, 5.74) is 2.86. The predicted octanol–water partition coefficient (Wildman–Crippen LogP) is 2.66. The van der Waals surface area contributed by atoms with E-state index in [4.69, 9.17) is 9.47 Å². The fourth-order valence-electron chi connectivity index (χ4n) is 3.49. The Hall–Kier alpha value is -2.71. The number of benzene rings is 1. The number of H-pyrrole nitrogens is 1. The van der Waals surface area contributed by atoms with Crippen molar-refractivity contribution >= 4 is 33.2 Å². The molecule has 8 heteroatoms. The minimum atomic E-state index is -0.452. The summed E-state index contributed by atoms with van der Waals surface area (Å²) >= 11 is 1.20. The van der Waals surface area contributed by atoms with Gasteiger partial charge in [-0.1, -0.05) is 18.2 Å². The quantitative estimate of drug-likeness (QED) is 0.507. The normalized spacial score (nSPS) is 13.1. The molecule has 146 valence electrons. The molecule has 1 N–H and O–H groups in total. The fourth-order valence-corrected chi connectivity index (χ4v) is 4.59. The highest BCUT2D eigenvalue weighted by Gasteiger charge is 2.22. The molecule has 28 heavy (non-hydrogen) atoms. The third-order valence-electron chi connectivity index (χ3n) is 4.88. The minimum Gasteiger partial charge on any atom is -0.459 e. The molecular weight excluding hydrogens is 378 g/mol. The highest BCUT2D eigenvalue weighted by atomic mass is 32.1. The van der Waals surface area contributed by atoms with Crippen molar-refractivity contribution in [2.24, 2.45) is 0 Å². The molecule has 0 fully saturated rings. The Morgan fingerprint density at radius 3 is 2.96 bits per heavy atom. The number of ether oxygens (including phenoxy) is 2. The van der Waals surface area contributed by atoms with Crippen molar-refractivity contribution in [3.63, 3.8) is 0 Å². The number of hydrogen-bond donors (Lipinski definition) is 1. The van der Waals surface area contributed by atoms with Crippen LogP contribution >= 0.6 is 11.3 Å². The molecule has 3 aromatic rings. The van der Waals surface area contributed by atoms with E-state index >= 15 is 0 Å². The first-order chi connectivity index (χ1) is 13.6. The molecule has 0 radical (unpaired) electrons. The zero-order valence-corrected chi connectivity index (χ0v) is 16.6. The van der Waals surface area contributed by atoms with Gasteiger partial charge in [0.15, 0.2) is 0 Å². The molecule has 0 saturated heterocycles. The summed E-state index contributed by atoms with van der Waals surface area (Å²) in [5, 5.41) is 0.453. The number of hydrogen-bond acceptors (Lipinski definition) is 7. The number of fused-ring (bicyclic) bond motifs is 2. The lowest BCUT2D eigenvalue weighted by Gasteiger charge is -2.18. The monoisotopic (exact) mass is 399 g/mol. The number of aromatic nitrogens is 2. The van der Waals surface area contributed by atoms with Crippen LogP contribution in [0.25, 0.3) is 10.2 Å². The number of esters is 1. The number of aryl methyl sites for hydroxylation is 1. The average molecular weight is 399 g/mol. The smallest absolute Gasteiger partial charge is 0.348 e. The molecule has 0 atom stereocenters. The van der Waals surface area contributed by atoms with Gasteiger partial charge in [0.2, 0.25) is 0 Å². The van der Waals surface area contributed by atoms with E-state index in [1.54, 1.807) is 14.0 Å². The zero-order chi connectivity index (χ0) is 19.7. The molecule has 0 aliphatic carbocycles. The third-order valence-corrected chi connectivity index (χ3v) is 6.05. The van der Waals surface area contributed by atoms with Gasteiger partial charge in [0.1, 0.15) is 22.1 Å². The summed E-state index contributed by atoms with van der Waals surface area (Å²) in [7, 11) is 1.54. The van der Waals surface area contributed by atoms with E-state index in [9.17, 15) is 9.59 Å². The van der Waals surface area contributed by atoms with Crippen LogP contribution in [0.1, 0.15) is 26.6 Å². The topological polar surface area (TPSA) is 84.5 Å². The van der Waals surface area contributed by atoms with Crippen LogP contribution in [-0.4, -0.2) is 42.8 Å². The first-order valence-electron chi connectivity index (χ1n) is 9.09. The molecular formula is C20H21N3O4S. The fraction of sp³-hybridized carbons (Fsp3) is 0.350. The van der Waals surface area contributed by atoms with Crippen molar-refractivity contribution in [3.05, 3.63) is 56.4 Å². The van der Waals surface area contributed by atoms with Crippen molar-refractivity contribution < 1.29 is 14.3 Å². The summed E-state index contributed by atoms with van der Waals surface area (Å²) in [4.78, 5) is 35.6. The maximum Gasteiger partial charge on any atom is 0.348 e. The Morgan fingerprint density at radius 2 is 2.14 bits per heavy atom. The molecule has 1 aromatic carbocycles. The Labute approximate surface area is 165 Å². The molecule has 0 bridgehead atoms. The molecule has 1 aliphatic heterocycles. The van der Waals surface area contributed by atoms with Crippen molar-refractivity contribution in [1.82, 2.24) is 9.97 Å². The van der Waals surface area contributed by atoms with Gasteiger partial charge in [-0.05, 0) is 30.5 Å². The van der Waals surface area contributed by atoms with Crippen LogP contribution in [0.5, 0.6) is 0 Å². The number of carbonyl (C=O) groups excluding carboxylic acids is 1. The number of anilines is 1. The standard InChI is InChI=1S/C20H21N3O4S/c1-12-16-18(24)21-15(11-23-8-7-13-5-3-4-6-14(13)23)22-19(16)28-17(12)20(25)27-10-9-26-2/h3-6H,7-11H2,1-2H3,(H,21,22,24). The highest BCUT2D eigenvalue weighted by Crippen LogP contribution is 2.30. The van der Waals surface area contributed by atoms with Gasteiger partial charge >= 0.3 is 5.97 Å². The second-order valence-electron chi connectivity index (χ2n) is 6.68. The maximum absolute atomic E-state index is 12.7. The van der Waals surface area contributed by atoms with Crippen LogP contribution in [-0.2, 0) is 22.4 Å². The summed E-state index contributed by atoms with van der Waals surface area (Å²) in [6.45, 7) is 3.66. The van der Waals surface area contributed by atoms with Gasteiger partial charge in [-0.2, -0.15) is 0 Å². The first kappa shape index (κ1) is 18.6. The molecule has 0 spiro atoms. The highest BCUT2D eigenvalue weighted by molar-refractivity contribution is 7.20. The van der Waals surface area contributed by atoms with Gasteiger partial charge in [-0.15, -0.1) is 11.3 Å². The number of rotatable bonds is 6. The van der Waals surface area contributed by atoms with Crippen LogP contribution in [0.15, 0.2) is 29.1 Å². The maximum atomic E-state index is 12.7. The third kappa shape index (κ3) is 3.41. The Bertz CT molecular complexity index is 1090. The number of thiophene rings is 1. The molecule has 1 aliphatic rings. The first-order valence-corrected chi connectivity index (χ1v) is 9.91. The van der Waals surface area contributed by atoms with Crippen LogP contribution in [0.4, 0.5) is 5.69 Å². The van der Waals surface area contributed by atoms with Crippen LogP contribution in [0.2, 0.25) is 0 Å². The average Bonchev–Trinajstić information content (AvgIpc) is 3.23. The molecule has 7 nitrogen and oxygen atoms in total. The van der Waals surface area contributed by atoms with Crippen LogP contribution in [0, 0.1) is 6.92 Å². The lowest BCUT2D eigenvalue weighted by Crippen LogP contribution is -2.23. The van der Waals surface area contributed by atoms with Gasteiger partial charge in [0.25, 0.3) is 5.56 Å². The largest absolute Gasteiger partial charge is 0.459 e. The number of carbonyl (C=O) groups is 1. The Morgan fingerprint density at radius 1 is 1.32 bits per heavy atom. The Kier molecular flexibility index (Phi) is 5.15. The van der Waals surface area contributed by atoms with Gasteiger partial charge in [0.05, 0.1) is 18.5 Å². The number of aromatic amines is 1. The summed E-state index contributed by atoms with van der Waals surface area (Å²) in [6.07, 6.45) is 0.984. The van der Waals surface area contributed by atoms with Crippen molar-refractivity contribution in [3.8, 4) is 0 Å². The van der Waals surface area contributed by atoms with Gasteiger partial charge in [-0.25, -0.2) is 9.78 Å². The minimum absolute atomic E-state index is 0.173.